The number of nitrogen functional groups attached to an aromatic ring is 1. The van der Waals surface area contributed by atoms with E-state index in [0.29, 0.717) is 22.4 Å². The molecule has 2 N–H and O–H groups in total. The molecule has 33 heavy (non-hydrogen) atoms. The molecule has 5 rings (SSSR count). The topological polar surface area (TPSA) is 85.3 Å². The van der Waals surface area contributed by atoms with Crippen LogP contribution in [0.1, 0.15) is 0 Å². The van der Waals surface area contributed by atoms with Crippen LogP contribution in [0, 0.1) is 0 Å². The minimum atomic E-state index is 0.511. The minimum absolute atomic E-state index is 0.511. The summed E-state index contributed by atoms with van der Waals surface area (Å²) in [5.41, 5.74) is 9.73. The van der Waals surface area contributed by atoms with Crippen molar-refractivity contribution in [1.29, 1.82) is 0 Å². The second kappa shape index (κ2) is 9.35. The number of halogens is 1. The fraction of sp³-hybridized carbons (Fsp3) is 0.292. The second-order valence-electron chi connectivity index (χ2n) is 8.03. The number of piperazine rings is 1. The van der Waals surface area contributed by atoms with Crippen molar-refractivity contribution >= 4 is 34.4 Å². The molecule has 2 aromatic heterocycles. The van der Waals surface area contributed by atoms with E-state index in [4.69, 9.17) is 37.1 Å². The highest BCUT2D eigenvalue weighted by Gasteiger charge is 2.24. The van der Waals surface area contributed by atoms with Gasteiger partial charge in [-0.1, -0.05) is 41.9 Å². The van der Waals surface area contributed by atoms with Gasteiger partial charge in [0.15, 0.2) is 5.65 Å². The fourth-order valence-electron chi connectivity index (χ4n) is 4.12. The number of anilines is 2. The van der Waals surface area contributed by atoms with E-state index in [0.717, 1.165) is 61.7 Å². The number of hydrogen-bond donors (Lipinski definition) is 1. The van der Waals surface area contributed by atoms with Crippen molar-refractivity contribution in [3.05, 3.63) is 59.6 Å². The quantitative estimate of drug-likeness (QED) is 0.468. The molecule has 1 saturated heterocycles. The summed E-state index contributed by atoms with van der Waals surface area (Å²) in [5.74, 6) is 1.17. The number of fused-ring (bicyclic) bond motifs is 1. The number of para-hydroxylation sites is 1. The van der Waals surface area contributed by atoms with E-state index in [9.17, 15) is 0 Å². The van der Waals surface area contributed by atoms with E-state index >= 15 is 0 Å². The fourth-order valence-corrected chi connectivity index (χ4v) is 4.24. The lowest BCUT2D eigenvalue weighted by atomic mass is 10.1. The van der Waals surface area contributed by atoms with Crippen LogP contribution in [-0.2, 0) is 4.74 Å². The van der Waals surface area contributed by atoms with Gasteiger partial charge in [0.25, 0.3) is 0 Å². The zero-order valence-electron chi connectivity index (χ0n) is 18.5. The predicted octanol–water partition coefficient (Wildman–Crippen LogP) is 3.49. The molecule has 170 valence electrons. The molecule has 0 radical (unpaired) electrons. The highest BCUT2D eigenvalue weighted by Crippen LogP contribution is 2.34. The summed E-state index contributed by atoms with van der Waals surface area (Å²) in [6.07, 6.45) is 0. The number of methoxy groups -OCH3 is 1. The number of aromatic nitrogens is 4. The molecule has 1 fully saturated rings. The van der Waals surface area contributed by atoms with Crippen LogP contribution >= 0.6 is 11.6 Å². The molecule has 9 heteroatoms. The van der Waals surface area contributed by atoms with Crippen molar-refractivity contribution in [2.75, 3.05) is 57.1 Å². The first-order valence-corrected chi connectivity index (χ1v) is 11.4. The SMILES string of the molecule is COCCN1CCN(c2nc(-c3ccc(Cl)cc3)c3c(N)n(-c4ccccc4)nc3n2)CC1. The first-order valence-electron chi connectivity index (χ1n) is 11.0. The maximum atomic E-state index is 6.59. The van der Waals surface area contributed by atoms with Crippen LogP contribution < -0.4 is 10.6 Å². The molecule has 2 aromatic carbocycles. The highest BCUT2D eigenvalue weighted by molar-refractivity contribution is 6.30. The minimum Gasteiger partial charge on any atom is -0.383 e. The Hall–Kier alpha value is -3.20. The van der Waals surface area contributed by atoms with E-state index in [-0.39, 0.29) is 0 Å². The maximum Gasteiger partial charge on any atom is 0.228 e. The summed E-state index contributed by atoms with van der Waals surface area (Å²) < 4.78 is 6.94. The Balaban J connectivity index is 1.58. The molecule has 8 nitrogen and oxygen atoms in total. The summed E-state index contributed by atoms with van der Waals surface area (Å²) in [5, 5.41) is 6.17. The van der Waals surface area contributed by atoms with Crippen molar-refractivity contribution in [3.8, 4) is 16.9 Å². The highest BCUT2D eigenvalue weighted by atomic mass is 35.5. The zero-order valence-corrected chi connectivity index (χ0v) is 19.2. The largest absolute Gasteiger partial charge is 0.383 e. The number of nitrogens with two attached hydrogens (primary N) is 1. The van der Waals surface area contributed by atoms with Gasteiger partial charge >= 0.3 is 0 Å². The third-order valence-electron chi connectivity index (χ3n) is 5.94. The van der Waals surface area contributed by atoms with Crippen molar-refractivity contribution in [2.24, 2.45) is 0 Å². The van der Waals surface area contributed by atoms with Crippen LogP contribution in [0.2, 0.25) is 5.02 Å². The van der Waals surface area contributed by atoms with Gasteiger partial charge in [0.1, 0.15) is 5.82 Å². The molecule has 0 atom stereocenters. The maximum absolute atomic E-state index is 6.59. The number of hydrogen-bond acceptors (Lipinski definition) is 7. The predicted molar refractivity (Wildman–Crippen MR) is 132 cm³/mol. The van der Waals surface area contributed by atoms with E-state index in [1.54, 1.807) is 11.8 Å². The summed E-state index contributed by atoms with van der Waals surface area (Å²) >= 11 is 6.14. The van der Waals surface area contributed by atoms with Gasteiger partial charge in [-0.05, 0) is 24.3 Å². The summed E-state index contributed by atoms with van der Waals surface area (Å²) in [6.45, 7) is 5.20. The van der Waals surface area contributed by atoms with E-state index < -0.39 is 0 Å². The molecular weight excluding hydrogens is 438 g/mol. The van der Waals surface area contributed by atoms with E-state index in [2.05, 4.69) is 9.80 Å². The third-order valence-corrected chi connectivity index (χ3v) is 6.19. The molecular formula is C24H26ClN7O. The van der Waals surface area contributed by atoms with Gasteiger partial charge in [0.2, 0.25) is 5.95 Å². The van der Waals surface area contributed by atoms with Gasteiger partial charge < -0.3 is 15.4 Å². The molecule has 0 bridgehead atoms. The summed E-state index contributed by atoms with van der Waals surface area (Å²) in [6, 6.07) is 17.4. The molecule has 1 aliphatic heterocycles. The van der Waals surface area contributed by atoms with Crippen LogP contribution in [0.5, 0.6) is 0 Å². The van der Waals surface area contributed by atoms with Gasteiger partial charge in [-0.3, -0.25) is 4.90 Å². The Labute approximate surface area is 197 Å². The molecule has 1 aliphatic rings. The van der Waals surface area contributed by atoms with Crippen molar-refractivity contribution in [2.45, 2.75) is 0 Å². The lowest BCUT2D eigenvalue weighted by Crippen LogP contribution is -2.47. The molecule has 4 aromatic rings. The first-order chi connectivity index (χ1) is 16.1. The molecule has 0 aliphatic carbocycles. The molecule has 0 saturated carbocycles. The second-order valence-corrected chi connectivity index (χ2v) is 8.47. The van der Waals surface area contributed by atoms with Crippen molar-refractivity contribution < 1.29 is 4.74 Å². The lowest BCUT2D eigenvalue weighted by molar-refractivity contribution is 0.144. The normalized spacial score (nSPS) is 14.8. The monoisotopic (exact) mass is 463 g/mol. The van der Waals surface area contributed by atoms with Gasteiger partial charge in [-0.2, -0.15) is 4.98 Å². The summed E-state index contributed by atoms with van der Waals surface area (Å²) in [7, 11) is 1.73. The zero-order chi connectivity index (χ0) is 22.8. The summed E-state index contributed by atoms with van der Waals surface area (Å²) in [4.78, 5) is 14.4. The van der Waals surface area contributed by atoms with Crippen molar-refractivity contribution in [1.82, 2.24) is 24.6 Å². The smallest absolute Gasteiger partial charge is 0.228 e. The van der Waals surface area contributed by atoms with Crippen LogP contribution in [0.4, 0.5) is 11.8 Å². The number of benzene rings is 2. The van der Waals surface area contributed by atoms with Crippen molar-refractivity contribution in [3.63, 3.8) is 0 Å². The Bertz CT molecular complexity index is 1240. The van der Waals surface area contributed by atoms with Crippen LogP contribution in [0.3, 0.4) is 0 Å². The molecule has 3 heterocycles. The Morgan fingerprint density at radius 1 is 0.970 bits per heavy atom. The molecule has 0 unspecified atom stereocenters. The standard InChI is InChI=1S/C24H26ClN7O/c1-33-16-15-30-11-13-31(14-12-30)24-27-21(17-7-9-18(25)10-8-17)20-22(26)32(29-23(20)28-24)19-5-3-2-4-6-19/h2-10H,11-16,26H2,1H3. The average molecular weight is 464 g/mol. The van der Waals surface area contributed by atoms with Crippen LogP contribution in [-0.4, -0.2) is 71.1 Å². The van der Waals surface area contributed by atoms with E-state index in [1.807, 2.05) is 54.6 Å². The molecule has 0 amide bonds. The van der Waals surface area contributed by atoms with Gasteiger partial charge in [-0.15, -0.1) is 5.10 Å². The third kappa shape index (κ3) is 4.37. The Morgan fingerprint density at radius 2 is 1.70 bits per heavy atom. The lowest BCUT2D eigenvalue weighted by Gasteiger charge is -2.34. The van der Waals surface area contributed by atoms with Gasteiger partial charge in [-0.25, -0.2) is 9.67 Å². The van der Waals surface area contributed by atoms with Crippen LogP contribution in [0.15, 0.2) is 54.6 Å². The first kappa shape index (κ1) is 21.6. The number of nitrogens with zero attached hydrogens (tertiary/aromatic N) is 6. The van der Waals surface area contributed by atoms with E-state index in [1.165, 1.54) is 0 Å². The Kier molecular flexibility index (Phi) is 6.13. The van der Waals surface area contributed by atoms with Crippen LogP contribution in [0.25, 0.3) is 28.0 Å². The number of rotatable bonds is 6. The molecule has 0 spiro atoms. The number of ether oxygens (including phenoxy) is 1. The Morgan fingerprint density at radius 3 is 2.39 bits per heavy atom. The average Bonchev–Trinajstić information content (AvgIpc) is 3.20. The van der Waals surface area contributed by atoms with Gasteiger partial charge in [0, 0.05) is 50.4 Å². The van der Waals surface area contributed by atoms with Gasteiger partial charge in [0.05, 0.1) is 23.4 Å².